The van der Waals surface area contributed by atoms with Gasteiger partial charge in [-0.25, -0.2) is 4.98 Å². The highest BCUT2D eigenvalue weighted by Gasteiger charge is 2.17. The molecule has 0 bridgehead atoms. The van der Waals surface area contributed by atoms with Crippen LogP contribution in [0, 0.1) is 11.3 Å². The summed E-state index contributed by atoms with van der Waals surface area (Å²) in [4.78, 5) is 23.3. The molecule has 4 N–H and O–H groups in total. The van der Waals surface area contributed by atoms with E-state index in [-0.39, 0.29) is 12.1 Å². The summed E-state index contributed by atoms with van der Waals surface area (Å²) in [5.41, 5.74) is 5.52. The molecule has 2 aromatic heterocycles. The van der Waals surface area contributed by atoms with Gasteiger partial charge in [0, 0.05) is 17.2 Å². The second kappa shape index (κ2) is 9.54. The first kappa shape index (κ1) is 22.0. The van der Waals surface area contributed by atoms with E-state index < -0.39 is 6.10 Å². The van der Waals surface area contributed by atoms with Gasteiger partial charge in [0.2, 0.25) is 0 Å². The molecule has 0 saturated heterocycles. The number of H-pyrrole nitrogens is 2. The number of pyridine rings is 1. The van der Waals surface area contributed by atoms with Crippen molar-refractivity contribution in [1.29, 1.82) is 5.26 Å². The van der Waals surface area contributed by atoms with E-state index >= 15 is 0 Å². The van der Waals surface area contributed by atoms with Crippen LogP contribution in [-0.2, 0) is 10.8 Å². The number of nitrogens with zero attached hydrogens (tertiary/aromatic N) is 2. The molecule has 7 nitrogen and oxygen atoms in total. The molecule has 0 radical (unpaired) electrons. The number of nitrogens with one attached hydrogen (secondary N) is 3. The summed E-state index contributed by atoms with van der Waals surface area (Å²) in [5, 5.41) is 23.2. The Balaban J connectivity index is 1.68. The molecule has 2 heterocycles. The molecule has 8 heteroatoms. The van der Waals surface area contributed by atoms with Crippen molar-refractivity contribution >= 4 is 39.3 Å². The highest BCUT2D eigenvalue weighted by molar-refractivity contribution is 14.1. The van der Waals surface area contributed by atoms with Crippen molar-refractivity contribution in [3.8, 4) is 17.5 Å². The second-order valence-electron chi connectivity index (χ2n) is 7.45. The largest absolute Gasteiger partial charge is 0.387 e. The van der Waals surface area contributed by atoms with Crippen molar-refractivity contribution in [2.75, 3.05) is 11.9 Å². The Hall–Kier alpha value is -3.16. The summed E-state index contributed by atoms with van der Waals surface area (Å²) in [6, 6.07) is 15.3. The van der Waals surface area contributed by atoms with Crippen LogP contribution in [0.2, 0.25) is 0 Å². The molecule has 0 fully saturated rings. The maximum Gasteiger partial charge on any atom is 0.261 e. The number of imidazole rings is 1. The summed E-state index contributed by atoms with van der Waals surface area (Å²) < 4.78 is 0.864. The van der Waals surface area contributed by atoms with Crippen LogP contribution in [0.25, 0.3) is 22.4 Å². The molecule has 1 unspecified atom stereocenters. The zero-order valence-electron chi connectivity index (χ0n) is 17.4. The first-order chi connectivity index (χ1) is 15.5. The molecular formula is C24H22IN5O2. The molecule has 4 aromatic rings. The quantitative estimate of drug-likeness (QED) is 0.205. The number of nitriles is 1. The number of aliphatic hydroxyl groups is 1. The number of aromatic amines is 2. The lowest BCUT2D eigenvalue weighted by atomic mass is 10.1. The molecule has 162 valence electrons. The summed E-state index contributed by atoms with van der Waals surface area (Å²) in [7, 11) is 0. The van der Waals surface area contributed by atoms with E-state index in [9.17, 15) is 15.2 Å². The molecule has 1 atom stereocenters. The molecule has 0 saturated carbocycles. The predicted molar refractivity (Wildman–Crippen MR) is 134 cm³/mol. The Kier molecular flexibility index (Phi) is 6.58. The predicted octanol–water partition coefficient (Wildman–Crippen LogP) is 4.43. The summed E-state index contributed by atoms with van der Waals surface area (Å²) in [5.74, 6) is 0.413. The van der Waals surface area contributed by atoms with Gasteiger partial charge in [-0.05, 0) is 41.3 Å². The van der Waals surface area contributed by atoms with Crippen molar-refractivity contribution in [2.24, 2.45) is 0 Å². The van der Waals surface area contributed by atoms with E-state index in [1.807, 2.05) is 37.3 Å². The van der Waals surface area contributed by atoms with Gasteiger partial charge in [0.25, 0.3) is 5.56 Å². The van der Waals surface area contributed by atoms with E-state index in [1.54, 1.807) is 18.3 Å². The number of aromatic nitrogens is 3. The summed E-state index contributed by atoms with van der Waals surface area (Å²) in [6.45, 7) is 2.24. The zero-order chi connectivity index (χ0) is 22.7. The van der Waals surface area contributed by atoms with Gasteiger partial charge in [0.1, 0.15) is 11.4 Å². The van der Waals surface area contributed by atoms with E-state index in [0.717, 1.165) is 33.1 Å². The minimum absolute atomic E-state index is 0.236. The number of aliphatic hydroxyl groups excluding tert-OH is 1. The fourth-order valence-electron chi connectivity index (χ4n) is 3.71. The first-order valence-corrected chi connectivity index (χ1v) is 11.8. The molecule has 4 rings (SSSR count). The Morgan fingerprint density at radius 1 is 1.28 bits per heavy atom. The number of anilines is 1. The molecule has 0 spiro atoms. The van der Waals surface area contributed by atoms with Gasteiger partial charge in [-0.3, -0.25) is 4.79 Å². The van der Waals surface area contributed by atoms with Crippen molar-refractivity contribution in [1.82, 2.24) is 15.0 Å². The lowest BCUT2D eigenvalue weighted by Crippen LogP contribution is -2.17. The number of hydrogen-bond donors (Lipinski definition) is 4. The standard InChI is InChI=1S/C24H22IN5O2/c1-2-16-9-15(12-26)10-19-22(16)30-23(29-19)21-18(6-7-27-24(21)32)28-13-20(31)17-5-3-4-14(8-17)11-25/h3-10,20,31H,2,11,13H2,1H3,(H,29,30)(H2,27,28,32). The van der Waals surface area contributed by atoms with Crippen molar-refractivity contribution < 1.29 is 5.11 Å². The number of alkyl halides is 1. The van der Waals surface area contributed by atoms with E-state index in [2.05, 4.69) is 48.9 Å². The topological polar surface area (TPSA) is 118 Å². The zero-order valence-corrected chi connectivity index (χ0v) is 19.6. The third kappa shape index (κ3) is 4.40. The number of rotatable bonds is 7. The third-order valence-electron chi connectivity index (χ3n) is 5.35. The maximum absolute atomic E-state index is 12.7. The van der Waals surface area contributed by atoms with Gasteiger partial charge in [0.05, 0.1) is 34.5 Å². The average molecular weight is 539 g/mol. The van der Waals surface area contributed by atoms with Crippen LogP contribution in [0.1, 0.15) is 35.3 Å². The monoisotopic (exact) mass is 539 g/mol. The minimum atomic E-state index is -0.731. The van der Waals surface area contributed by atoms with Crippen LogP contribution in [-0.4, -0.2) is 26.6 Å². The van der Waals surface area contributed by atoms with Crippen LogP contribution in [0.5, 0.6) is 0 Å². The lowest BCUT2D eigenvalue weighted by Gasteiger charge is -2.15. The molecule has 0 aliphatic rings. The fourth-order valence-corrected chi connectivity index (χ4v) is 4.19. The van der Waals surface area contributed by atoms with Gasteiger partial charge in [0.15, 0.2) is 0 Å². The molecule has 0 aliphatic heterocycles. The number of hydrogen-bond acceptors (Lipinski definition) is 5. The second-order valence-corrected chi connectivity index (χ2v) is 8.22. The van der Waals surface area contributed by atoms with Gasteiger partial charge in [-0.2, -0.15) is 5.26 Å². The normalized spacial score (nSPS) is 11.9. The van der Waals surface area contributed by atoms with Crippen LogP contribution < -0.4 is 10.9 Å². The van der Waals surface area contributed by atoms with Gasteiger partial charge >= 0.3 is 0 Å². The SMILES string of the molecule is CCc1cc(C#N)cc2[nH]c(-c3c(NCC(O)c4cccc(CI)c4)cc[nH]c3=O)nc12. The maximum atomic E-state index is 12.7. The highest BCUT2D eigenvalue weighted by Crippen LogP contribution is 2.27. The summed E-state index contributed by atoms with van der Waals surface area (Å²) >= 11 is 2.29. The molecular weight excluding hydrogens is 517 g/mol. The Bertz CT molecular complexity index is 1370. The van der Waals surface area contributed by atoms with Gasteiger partial charge < -0.3 is 20.4 Å². The van der Waals surface area contributed by atoms with Crippen molar-refractivity contribution in [3.05, 3.63) is 81.3 Å². The van der Waals surface area contributed by atoms with Crippen molar-refractivity contribution in [2.45, 2.75) is 23.9 Å². The van der Waals surface area contributed by atoms with Gasteiger partial charge in [-0.1, -0.05) is 53.8 Å². The first-order valence-electron chi connectivity index (χ1n) is 10.3. The molecule has 0 amide bonds. The number of fused-ring (bicyclic) bond motifs is 1. The third-order valence-corrected chi connectivity index (χ3v) is 6.23. The fraction of sp³-hybridized carbons (Fsp3) is 0.208. The highest BCUT2D eigenvalue weighted by atomic mass is 127. The number of aryl methyl sites for hydroxylation is 1. The van der Waals surface area contributed by atoms with Crippen LogP contribution in [0.4, 0.5) is 5.69 Å². The average Bonchev–Trinajstić information content (AvgIpc) is 3.25. The van der Waals surface area contributed by atoms with Gasteiger partial charge in [-0.15, -0.1) is 0 Å². The molecule has 0 aliphatic carbocycles. The van der Waals surface area contributed by atoms with E-state index in [4.69, 9.17) is 0 Å². The summed E-state index contributed by atoms with van der Waals surface area (Å²) in [6.07, 6.45) is 1.55. The van der Waals surface area contributed by atoms with Crippen molar-refractivity contribution in [3.63, 3.8) is 0 Å². The lowest BCUT2D eigenvalue weighted by molar-refractivity contribution is 0.191. The van der Waals surface area contributed by atoms with Crippen LogP contribution >= 0.6 is 22.6 Å². The van der Waals surface area contributed by atoms with Crippen LogP contribution in [0.15, 0.2) is 53.5 Å². The van der Waals surface area contributed by atoms with E-state index in [0.29, 0.717) is 28.2 Å². The minimum Gasteiger partial charge on any atom is -0.387 e. The Labute approximate surface area is 198 Å². The van der Waals surface area contributed by atoms with Crippen LogP contribution in [0.3, 0.4) is 0 Å². The number of benzene rings is 2. The Morgan fingerprint density at radius 2 is 2.12 bits per heavy atom. The smallest absolute Gasteiger partial charge is 0.261 e. The molecule has 2 aromatic carbocycles. The number of halogens is 1. The van der Waals surface area contributed by atoms with E-state index in [1.165, 1.54) is 0 Å². The molecule has 32 heavy (non-hydrogen) atoms. The Morgan fingerprint density at radius 3 is 2.88 bits per heavy atom.